The van der Waals surface area contributed by atoms with Crippen molar-refractivity contribution in [2.45, 2.75) is 32.6 Å². The van der Waals surface area contributed by atoms with E-state index in [4.69, 9.17) is 15.0 Å². The van der Waals surface area contributed by atoms with Gasteiger partial charge in [-0.2, -0.15) is 0 Å². The summed E-state index contributed by atoms with van der Waals surface area (Å²) in [4.78, 5) is 0. The van der Waals surface area contributed by atoms with E-state index in [1.54, 1.807) is 0 Å². The van der Waals surface area contributed by atoms with E-state index in [2.05, 4.69) is 13.8 Å². The molecule has 0 aromatic rings. The molecule has 1 aliphatic heterocycles. The Balaban J connectivity index is 2.27. The zero-order valence-electron chi connectivity index (χ0n) is 8.17. The van der Waals surface area contributed by atoms with Crippen LogP contribution >= 0.6 is 0 Å². The maximum atomic E-state index is 5.82. The molecule has 4 heteroatoms. The summed E-state index contributed by atoms with van der Waals surface area (Å²) >= 11 is 0. The Labute approximate surface area is 74.7 Å². The first-order chi connectivity index (χ1) is 5.49. The monoisotopic (exact) mass is 171 g/mol. The van der Waals surface area contributed by atoms with Gasteiger partial charge in [0.25, 0.3) is 0 Å². The Morgan fingerprint density at radius 1 is 1.42 bits per heavy atom. The van der Waals surface area contributed by atoms with Crippen LogP contribution in [0.1, 0.15) is 20.8 Å². The topological polar surface area (TPSA) is 44.5 Å². The van der Waals surface area contributed by atoms with Gasteiger partial charge in [-0.25, -0.2) is 0 Å². The van der Waals surface area contributed by atoms with Crippen LogP contribution in [0, 0.1) is 5.92 Å². The van der Waals surface area contributed by atoms with Crippen LogP contribution in [0.4, 0.5) is 0 Å². The minimum atomic E-state index is -0.298. The lowest BCUT2D eigenvalue weighted by atomic mass is 9.77. The molecule has 0 radical (unpaired) electrons. The van der Waals surface area contributed by atoms with Crippen molar-refractivity contribution in [2.24, 2.45) is 11.7 Å². The number of hydrogen-bond donors (Lipinski definition) is 1. The molecule has 0 saturated carbocycles. The Kier molecular flexibility index (Phi) is 3.15. The zero-order chi connectivity index (χ0) is 9.19. The molecule has 1 fully saturated rings. The third-order valence-electron chi connectivity index (χ3n) is 1.86. The minimum absolute atomic E-state index is 0.0402. The third-order valence-corrected chi connectivity index (χ3v) is 1.86. The first-order valence-electron chi connectivity index (χ1n) is 4.52. The van der Waals surface area contributed by atoms with Gasteiger partial charge in [-0.15, -0.1) is 0 Å². The summed E-state index contributed by atoms with van der Waals surface area (Å²) in [6.45, 7) is 7.46. The van der Waals surface area contributed by atoms with Crippen molar-refractivity contribution in [1.29, 1.82) is 0 Å². The Morgan fingerprint density at radius 3 is 2.33 bits per heavy atom. The van der Waals surface area contributed by atoms with Gasteiger partial charge in [0.1, 0.15) is 0 Å². The van der Waals surface area contributed by atoms with Crippen LogP contribution in [0.3, 0.4) is 0 Å². The first-order valence-corrected chi connectivity index (χ1v) is 4.52. The van der Waals surface area contributed by atoms with E-state index in [0.29, 0.717) is 19.1 Å². The molecule has 0 spiro atoms. The molecule has 0 aromatic heterocycles. The molecule has 1 saturated heterocycles. The second-order valence-corrected chi connectivity index (χ2v) is 4.34. The fourth-order valence-electron chi connectivity index (χ4n) is 1.18. The van der Waals surface area contributed by atoms with Crippen LogP contribution in [-0.4, -0.2) is 25.9 Å². The molecule has 0 bridgehead atoms. The van der Waals surface area contributed by atoms with E-state index in [1.807, 2.05) is 6.92 Å². The molecule has 0 amide bonds. The van der Waals surface area contributed by atoms with Gasteiger partial charge in [-0.1, -0.05) is 13.8 Å². The molecule has 1 heterocycles. The van der Waals surface area contributed by atoms with Crippen molar-refractivity contribution in [3.63, 3.8) is 0 Å². The summed E-state index contributed by atoms with van der Waals surface area (Å²) in [6, 6.07) is 0. The van der Waals surface area contributed by atoms with E-state index in [0.717, 1.165) is 6.32 Å². The highest BCUT2D eigenvalue weighted by atomic mass is 16.6. The number of nitrogens with two attached hydrogens (primary N) is 1. The average Bonchev–Trinajstić information content (AvgIpc) is 1.93. The van der Waals surface area contributed by atoms with Gasteiger partial charge < -0.3 is 15.0 Å². The fourth-order valence-corrected chi connectivity index (χ4v) is 1.18. The summed E-state index contributed by atoms with van der Waals surface area (Å²) in [6.07, 6.45) is 0.954. The fraction of sp³-hybridized carbons (Fsp3) is 1.00. The van der Waals surface area contributed by atoms with Crippen LogP contribution in [0.5, 0.6) is 0 Å². The summed E-state index contributed by atoms with van der Waals surface area (Å²) in [5, 5.41) is 0. The maximum Gasteiger partial charge on any atom is 0.457 e. The van der Waals surface area contributed by atoms with Gasteiger partial charge in [0.15, 0.2) is 0 Å². The zero-order valence-corrected chi connectivity index (χ0v) is 8.17. The molecule has 12 heavy (non-hydrogen) atoms. The lowest BCUT2D eigenvalue weighted by molar-refractivity contribution is 0.0661. The van der Waals surface area contributed by atoms with Gasteiger partial charge in [0, 0.05) is 0 Å². The molecule has 1 aliphatic rings. The van der Waals surface area contributed by atoms with E-state index in [1.165, 1.54) is 0 Å². The lowest BCUT2D eigenvalue weighted by Crippen LogP contribution is -2.53. The molecule has 0 atom stereocenters. The van der Waals surface area contributed by atoms with E-state index in [-0.39, 0.29) is 12.7 Å². The third kappa shape index (κ3) is 3.13. The smallest absolute Gasteiger partial charge is 0.409 e. The summed E-state index contributed by atoms with van der Waals surface area (Å²) in [5.41, 5.74) is 5.52. The minimum Gasteiger partial charge on any atom is -0.409 e. The molecule has 2 N–H and O–H groups in total. The van der Waals surface area contributed by atoms with Gasteiger partial charge in [0.05, 0.1) is 18.8 Å². The van der Waals surface area contributed by atoms with E-state index in [9.17, 15) is 0 Å². The molecule has 1 rings (SSSR count). The highest BCUT2D eigenvalue weighted by Crippen LogP contribution is 2.15. The lowest BCUT2D eigenvalue weighted by Gasteiger charge is -2.33. The van der Waals surface area contributed by atoms with Gasteiger partial charge in [-0.05, 0) is 19.2 Å². The van der Waals surface area contributed by atoms with Crippen LogP contribution in [0.25, 0.3) is 0 Å². The van der Waals surface area contributed by atoms with Gasteiger partial charge in [-0.3, -0.25) is 0 Å². The van der Waals surface area contributed by atoms with Crippen LogP contribution in [0.2, 0.25) is 6.32 Å². The maximum absolute atomic E-state index is 5.82. The molecule has 0 aromatic carbocycles. The summed E-state index contributed by atoms with van der Waals surface area (Å²) in [5.74, 6) is 0.608. The Hall–Kier alpha value is -0.0551. The molecular weight excluding hydrogens is 153 g/mol. The average molecular weight is 171 g/mol. The van der Waals surface area contributed by atoms with Crippen LogP contribution in [0.15, 0.2) is 0 Å². The predicted molar refractivity (Wildman–Crippen MR) is 49.9 cm³/mol. The molecule has 0 aliphatic carbocycles. The van der Waals surface area contributed by atoms with Crippen molar-refractivity contribution >= 4 is 7.12 Å². The quantitative estimate of drug-likeness (QED) is 0.627. The van der Waals surface area contributed by atoms with Crippen molar-refractivity contribution in [3.05, 3.63) is 0 Å². The second kappa shape index (κ2) is 3.77. The van der Waals surface area contributed by atoms with Crippen molar-refractivity contribution < 1.29 is 9.31 Å². The van der Waals surface area contributed by atoms with Crippen molar-refractivity contribution in [2.75, 3.05) is 13.2 Å². The van der Waals surface area contributed by atoms with Crippen LogP contribution < -0.4 is 5.73 Å². The highest BCUT2D eigenvalue weighted by Gasteiger charge is 2.32. The van der Waals surface area contributed by atoms with E-state index < -0.39 is 0 Å². The molecule has 3 nitrogen and oxygen atoms in total. The Morgan fingerprint density at radius 2 is 1.92 bits per heavy atom. The first kappa shape index (κ1) is 10.0. The second-order valence-electron chi connectivity index (χ2n) is 4.34. The van der Waals surface area contributed by atoms with Crippen LogP contribution in [-0.2, 0) is 9.31 Å². The largest absolute Gasteiger partial charge is 0.457 e. The van der Waals surface area contributed by atoms with Gasteiger partial charge >= 0.3 is 7.12 Å². The van der Waals surface area contributed by atoms with Gasteiger partial charge in [0.2, 0.25) is 0 Å². The SMILES string of the molecule is CC(C)CB1OCC(C)(N)CO1. The molecule has 70 valence electrons. The van der Waals surface area contributed by atoms with Crippen molar-refractivity contribution in [1.82, 2.24) is 0 Å². The van der Waals surface area contributed by atoms with E-state index >= 15 is 0 Å². The molecular formula is C8H18BNO2. The standard InChI is InChI=1S/C8H18BNO2/c1-7(2)4-9-11-5-8(3,10)6-12-9/h7H,4-6,10H2,1-3H3. The molecule has 0 unspecified atom stereocenters. The number of hydrogen-bond acceptors (Lipinski definition) is 3. The summed E-state index contributed by atoms with van der Waals surface area (Å²) in [7, 11) is -0.0402. The highest BCUT2D eigenvalue weighted by molar-refractivity contribution is 6.44. The van der Waals surface area contributed by atoms with Crippen molar-refractivity contribution in [3.8, 4) is 0 Å². The number of rotatable bonds is 2. The summed E-state index contributed by atoms with van der Waals surface area (Å²) < 4.78 is 10.9. The predicted octanol–water partition coefficient (Wildman–Crippen LogP) is 0.895. The normalized spacial score (nSPS) is 23.2. The Bertz CT molecular complexity index is 140.